The van der Waals surface area contributed by atoms with E-state index in [0.29, 0.717) is 12.0 Å². The normalized spacial score (nSPS) is 13.6. The van der Waals surface area contributed by atoms with Gasteiger partial charge in [-0.05, 0) is 41.8 Å². The molecule has 0 aromatic carbocycles. The number of hydrogen-bond donors (Lipinski definition) is 2. The van der Waals surface area contributed by atoms with Crippen LogP contribution in [0.5, 0.6) is 0 Å². The first-order chi connectivity index (χ1) is 9.40. The highest BCUT2D eigenvalue weighted by Gasteiger charge is 2.13. The number of aromatic nitrogens is 1. The number of rotatable bonds is 7. The highest BCUT2D eigenvalue weighted by atomic mass is 79.9. The zero-order chi connectivity index (χ0) is 15.1. The second-order valence-electron chi connectivity index (χ2n) is 4.94. The molecule has 0 bridgehead atoms. The number of pyridine rings is 1. The molecule has 1 rings (SSSR count). The molecule has 6 heteroatoms. The molecule has 1 heterocycles. The quantitative estimate of drug-likeness (QED) is 0.798. The number of hydrogen-bond acceptors (Lipinski definition) is 3. The lowest BCUT2D eigenvalue weighted by Gasteiger charge is -2.14. The maximum Gasteiger partial charge on any atom is 0.306 e. The number of amides is 1. The molecule has 1 amide bonds. The first kappa shape index (κ1) is 16.6. The van der Waals surface area contributed by atoms with Gasteiger partial charge in [-0.3, -0.25) is 14.6 Å². The van der Waals surface area contributed by atoms with Gasteiger partial charge in [0.2, 0.25) is 0 Å². The maximum atomic E-state index is 11.9. The summed E-state index contributed by atoms with van der Waals surface area (Å²) in [5.74, 6) is -1.29. The van der Waals surface area contributed by atoms with E-state index in [9.17, 15) is 9.59 Å². The first-order valence-corrected chi connectivity index (χ1v) is 7.33. The summed E-state index contributed by atoms with van der Waals surface area (Å²) in [4.78, 5) is 26.6. The van der Waals surface area contributed by atoms with Crippen LogP contribution in [0.1, 0.15) is 43.5 Å². The van der Waals surface area contributed by atoms with Crippen molar-refractivity contribution in [1.82, 2.24) is 10.3 Å². The Morgan fingerprint density at radius 2 is 2.05 bits per heavy atom. The maximum absolute atomic E-state index is 11.9. The molecule has 0 aliphatic heterocycles. The number of halogens is 1. The third-order valence-electron chi connectivity index (χ3n) is 3.04. The van der Waals surface area contributed by atoms with E-state index >= 15 is 0 Å². The van der Waals surface area contributed by atoms with Gasteiger partial charge in [0.1, 0.15) is 0 Å². The van der Waals surface area contributed by atoms with Crippen molar-refractivity contribution in [3.05, 3.63) is 28.5 Å². The van der Waals surface area contributed by atoms with Crippen LogP contribution < -0.4 is 5.32 Å². The number of nitrogens with zero attached hydrogens (tertiary/aromatic N) is 1. The Morgan fingerprint density at radius 1 is 1.35 bits per heavy atom. The molecule has 1 aromatic rings. The molecule has 0 aliphatic carbocycles. The number of carboxylic acid groups (broad SMARTS) is 1. The number of carbonyl (C=O) groups excluding carboxylic acids is 1. The van der Waals surface area contributed by atoms with Gasteiger partial charge in [-0.25, -0.2) is 0 Å². The lowest BCUT2D eigenvalue weighted by molar-refractivity contribution is -0.141. The molecule has 0 saturated carbocycles. The van der Waals surface area contributed by atoms with Gasteiger partial charge in [-0.2, -0.15) is 0 Å². The van der Waals surface area contributed by atoms with Gasteiger partial charge in [0.05, 0.1) is 11.5 Å². The van der Waals surface area contributed by atoms with Gasteiger partial charge < -0.3 is 10.4 Å². The van der Waals surface area contributed by atoms with Crippen molar-refractivity contribution in [1.29, 1.82) is 0 Å². The standard InChI is InChI=1S/C14H19BrN2O3/c1-9(14(19)20)4-3-5-10(2)17-13(18)11-6-12(15)8-16-7-11/h6-10H,3-5H2,1-2H3,(H,17,18)(H,19,20). The van der Waals surface area contributed by atoms with E-state index in [1.165, 1.54) is 6.20 Å². The van der Waals surface area contributed by atoms with Crippen molar-refractivity contribution < 1.29 is 14.7 Å². The highest BCUT2D eigenvalue weighted by Crippen LogP contribution is 2.12. The van der Waals surface area contributed by atoms with E-state index in [1.807, 2.05) is 6.92 Å². The third kappa shape index (κ3) is 5.69. The smallest absolute Gasteiger partial charge is 0.306 e. The number of carboxylic acids is 1. The largest absolute Gasteiger partial charge is 0.481 e. The van der Waals surface area contributed by atoms with E-state index in [1.54, 1.807) is 19.2 Å². The van der Waals surface area contributed by atoms with Crippen molar-refractivity contribution in [3.63, 3.8) is 0 Å². The van der Waals surface area contributed by atoms with Crippen molar-refractivity contribution in [2.45, 2.75) is 39.2 Å². The predicted octanol–water partition coefficient (Wildman–Crippen LogP) is 2.85. The molecular weight excluding hydrogens is 324 g/mol. The molecule has 0 spiro atoms. The summed E-state index contributed by atoms with van der Waals surface area (Å²) in [7, 11) is 0. The molecule has 2 N–H and O–H groups in total. The summed E-state index contributed by atoms with van der Waals surface area (Å²) in [6, 6.07) is 1.71. The molecular formula is C14H19BrN2O3. The Balaban J connectivity index is 2.37. The Labute approximate surface area is 126 Å². The molecule has 0 saturated heterocycles. The topological polar surface area (TPSA) is 79.3 Å². The monoisotopic (exact) mass is 342 g/mol. The first-order valence-electron chi connectivity index (χ1n) is 6.54. The van der Waals surface area contributed by atoms with E-state index in [4.69, 9.17) is 5.11 Å². The van der Waals surface area contributed by atoms with Gasteiger partial charge in [-0.15, -0.1) is 0 Å². The summed E-state index contributed by atoms with van der Waals surface area (Å²) >= 11 is 3.27. The number of nitrogens with one attached hydrogen (secondary N) is 1. The van der Waals surface area contributed by atoms with Crippen molar-refractivity contribution in [2.75, 3.05) is 0 Å². The Kier molecular flexibility index (Phi) is 6.64. The zero-order valence-electron chi connectivity index (χ0n) is 11.6. The molecule has 5 nitrogen and oxygen atoms in total. The Hall–Kier alpha value is -1.43. The molecule has 20 heavy (non-hydrogen) atoms. The van der Waals surface area contributed by atoms with Crippen LogP contribution in [0.25, 0.3) is 0 Å². The van der Waals surface area contributed by atoms with Crippen LogP contribution in [0.2, 0.25) is 0 Å². The molecule has 1 aromatic heterocycles. The fraction of sp³-hybridized carbons (Fsp3) is 0.500. The minimum atomic E-state index is -0.776. The van der Waals surface area contributed by atoms with Crippen molar-refractivity contribution in [2.24, 2.45) is 5.92 Å². The summed E-state index contributed by atoms with van der Waals surface area (Å²) in [6.45, 7) is 3.60. The fourth-order valence-corrected chi connectivity index (χ4v) is 2.13. The van der Waals surface area contributed by atoms with Crippen LogP contribution in [0.4, 0.5) is 0 Å². The van der Waals surface area contributed by atoms with Crippen LogP contribution in [-0.2, 0) is 4.79 Å². The molecule has 0 aliphatic rings. The van der Waals surface area contributed by atoms with E-state index in [0.717, 1.165) is 17.3 Å². The lowest BCUT2D eigenvalue weighted by Crippen LogP contribution is -2.32. The molecule has 0 radical (unpaired) electrons. The Morgan fingerprint density at radius 3 is 2.65 bits per heavy atom. The van der Waals surface area contributed by atoms with Crippen LogP contribution in [-0.4, -0.2) is 28.0 Å². The van der Waals surface area contributed by atoms with Gasteiger partial charge >= 0.3 is 5.97 Å². The summed E-state index contributed by atoms with van der Waals surface area (Å²) in [5.41, 5.74) is 0.505. The van der Waals surface area contributed by atoms with Crippen molar-refractivity contribution in [3.8, 4) is 0 Å². The second-order valence-corrected chi connectivity index (χ2v) is 5.85. The van der Waals surface area contributed by atoms with Gasteiger partial charge in [-0.1, -0.05) is 13.3 Å². The summed E-state index contributed by atoms with van der Waals surface area (Å²) in [6.07, 6.45) is 5.28. The summed E-state index contributed by atoms with van der Waals surface area (Å²) in [5, 5.41) is 11.7. The van der Waals surface area contributed by atoms with E-state index < -0.39 is 5.97 Å². The number of carbonyl (C=O) groups is 2. The Bertz CT molecular complexity index is 479. The van der Waals surface area contributed by atoms with Gasteiger partial charge in [0, 0.05) is 22.9 Å². The number of aliphatic carboxylic acids is 1. The van der Waals surface area contributed by atoms with Crippen LogP contribution in [0.3, 0.4) is 0 Å². The molecule has 2 unspecified atom stereocenters. The average Bonchev–Trinajstić information content (AvgIpc) is 2.38. The predicted molar refractivity (Wildman–Crippen MR) is 79.5 cm³/mol. The highest BCUT2D eigenvalue weighted by molar-refractivity contribution is 9.10. The zero-order valence-corrected chi connectivity index (χ0v) is 13.2. The third-order valence-corrected chi connectivity index (χ3v) is 3.47. The SMILES string of the molecule is CC(CCCC(C)C(=O)O)NC(=O)c1cncc(Br)c1. The van der Waals surface area contributed by atoms with Gasteiger partial charge in [0.25, 0.3) is 5.91 Å². The fourth-order valence-electron chi connectivity index (χ4n) is 1.77. The molecule has 2 atom stereocenters. The second kappa shape index (κ2) is 7.99. The van der Waals surface area contributed by atoms with Crippen molar-refractivity contribution >= 4 is 27.8 Å². The molecule has 0 fully saturated rings. The van der Waals surface area contributed by atoms with E-state index in [2.05, 4.69) is 26.2 Å². The summed E-state index contributed by atoms with van der Waals surface area (Å²) < 4.78 is 0.757. The average molecular weight is 343 g/mol. The van der Waals surface area contributed by atoms with Crippen LogP contribution in [0.15, 0.2) is 22.9 Å². The minimum absolute atomic E-state index is 0.00229. The van der Waals surface area contributed by atoms with Crippen LogP contribution in [0, 0.1) is 5.92 Å². The van der Waals surface area contributed by atoms with Gasteiger partial charge in [0.15, 0.2) is 0 Å². The van der Waals surface area contributed by atoms with Crippen LogP contribution >= 0.6 is 15.9 Å². The minimum Gasteiger partial charge on any atom is -0.481 e. The molecule has 110 valence electrons. The van der Waals surface area contributed by atoms with E-state index in [-0.39, 0.29) is 17.9 Å². The lowest BCUT2D eigenvalue weighted by atomic mass is 10.0.